The van der Waals surface area contributed by atoms with Gasteiger partial charge in [-0.1, -0.05) is 72.8 Å². The molecule has 74 heavy (non-hydrogen) atoms. The van der Waals surface area contributed by atoms with Gasteiger partial charge in [0.15, 0.2) is 0 Å². The number of halogens is 6. The Bertz CT molecular complexity index is 2890. The summed E-state index contributed by atoms with van der Waals surface area (Å²) in [6, 6.07) is 31.9. The Hall–Kier alpha value is -7.37. The van der Waals surface area contributed by atoms with Crippen LogP contribution in [0.3, 0.4) is 0 Å². The Balaban J connectivity index is 0.000000216. The number of aliphatic hydroxyl groups excluding tert-OH is 1. The van der Waals surface area contributed by atoms with Crippen molar-refractivity contribution < 1.29 is 60.0 Å². The van der Waals surface area contributed by atoms with E-state index in [0.717, 1.165) is 23.3 Å². The molecule has 0 aliphatic carbocycles. The Morgan fingerprint density at radius 2 is 1.04 bits per heavy atom. The van der Waals surface area contributed by atoms with Gasteiger partial charge in [-0.25, -0.2) is 40.7 Å². The van der Waals surface area contributed by atoms with Gasteiger partial charge >= 0.3 is 18.3 Å². The minimum Gasteiger partial charge on any atom is -0.450 e. The highest BCUT2D eigenvalue weighted by atomic mass is 19.2. The number of primary amides is 1. The molecule has 0 radical (unpaired) electrons. The summed E-state index contributed by atoms with van der Waals surface area (Å²) in [5, 5.41) is 10.7. The molecule has 2 fully saturated rings. The average molecular weight is 1030 g/mol. The molecule has 5 unspecified atom stereocenters. The monoisotopic (exact) mass is 1020 g/mol. The third kappa shape index (κ3) is 13.0. The SMILES string of the molecule is CC(c1ccc(-c2ccc(F)cc2F)cc1)N1CCC(CC(O)CN(C)C)(c2ccc(F)cc2)OC1=O.CC(c1ccc(-c2ccc(F)cc2F)cc1)N1CCC(CCCOC(N)=O)(c2ccc(F)cc2)OC1=O. The molecule has 2 saturated heterocycles. The molecule has 0 spiro atoms. The molecule has 6 aromatic carbocycles. The summed E-state index contributed by atoms with van der Waals surface area (Å²) in [5.41, 5.74) is 7.62. The number of nitrogens with zero attached hydrogens (tertiary/aromatic N) is 3. The molecule has 0 bridgehead atoms. The van der Waals surface area contributed by atoms with E-state index in [1.54, 1.807) is 82.6 Å². The van der Waals surface area contributed by atoms with E-state index in [0.29, 0.717) is 73.1 Å². The van der Waals surface area contributed by atoms with Crippen molar-refractivity contribution in [3.8, 4) is 22.3 Å². The summed E-state index contributed by atoms with van der Waals surface area (Å²) in [5.74, 6) is -3.38. The second kappa shape index (κ2) is 23.7. The van der Waals surface area contributed by atoms with Crippen LogP contribution < -0.4 is 5.73 Å². The predicted molar refractivity (Wildman–Crippen MR) is 266 cm³/mol. The van der Waals surface area contributed by atoms with Crippen molar-refractivity contribution in [3.05, 3.63) is 191 Å². The van der Waals surface area contributed by atoms with Gasteiger partial charge < -0.3 is 39.8 Å². The van der Waals surface area contributed by atoms with Crippen LogP contribution in [0.15, 0.2) is 133 Å². The lowest BCUT2D eigenvalue weighted by Gasteiger charge is -2.44. The van der Waals surface area contributed by atoms with Crippen LogP contribution in [0.4, 0.5) is 40.7 Å². The van der Waals surface area contributed by atoms with Crippen LogP contribution in [-0.4, -0.2) is 84.5 Å². The van der Waals surface area contributed by atoms with E-state index >= 15 is 0 Å². The number of rotatable bonds is 16. The molecule has 5 atom stereocenters. The molecule has 8 rings (SSSR count). The minimum atomic E-state index is -1.08. The van der Waals surface area contributed by atoms with Gasteiger partial charge in [0.05, 0.1) is 24.8 Å². The first-order chi connectivity index (χ1) is 35.3. The van der Waals surface area contributed by atoms with Gasteiger partial charge in [0.1, 0.15) is 46.1 Å². The highest BCUT2D eigenvalue weighted by Crippen LogP contribution is 2.43. The van der Waals surface area contributed by atoms with E-state index in [1.807, 2.05) is 32.8 Å². The third-order valence-electron chi connectivity index (χ3n) is 13.6. The molecule has 3 N–H and O–H groups in total. The number of amides is 3. The van der Waals surface area contributed by atoms with Crippen molar-refractivity contribution in [3.63, 3.8) is 0 Å². The smallest absolute Gasteiger partial charge is 0.411 e. The molecule has 17 heteroatoms. The number of carbonyl (C=O) groups is 3. The van der Waals surface area contributed by atoms with Crippen molar-refractivity contribution in [1.29, 1.82) is 0 Å². The maximum atomic E-state index is 14.2. The molecule has 2 heterocycles. The molecular weight excluding hydrogens is 967 g/mol. The van der Waals surface area contributed by atoms with Gasteiger partial charge in [-0.05, 0) is 123 Å². The van der Waals surface area contributed by atoms with E-state index in [1.165, 1.54) is 48.5 Å². The highest BCUT2D eigenvalue weighted by Gasteiger charge is 2.46. The van der Waals surface area contributed by atoms with Gasteiger partial charge in [-0.2, -0.15) is 0 Å². The van der Waals surface area contributed by atoms with Gasteiger partial charge in [0, 0.05) is 62.2 Å². The number of carbonyl (C=O) groups excluding carboxylic acids is 3. The molecular formula is C57H58F6N4O7. The topological polar surface area (TPSA) is 135 Å². The van der Waals surface area contributed by atoms with E-state index in [2.05, 4.69) is 0 Å². The maximum Gasteiger partial charge on any atom is 0.411 e. The van der Waals surface area contributed by atoms with Crippen molar-refractivity contribution in [1.82, 2.24) is 14.7 Å². The molecule has 2 aliphatic heterocycles. The van der Waals surface area contributed by atoms with Crippen molar-refractivity contribution in [2.75, 3.05) is 40.3 Å². The summed E-state index contributed by atoms with van der Waals surface area (Å²) in [6.07, 6.45) is -0.921. The van der Waals surface area contributed by atoms with Crippen LogP contribution in [-0.2, 0) is 25.4 Å². The van der Waals surface area contributed by atoms with E-state index in [4.69, 9.17) is 19.9 Å². The number of nitrogens with two attached hydrogens (primary N) is 1. The summed E-state index contributed by atoms with van der Waals surface area (Å²) in [6.45, 7) is 4.92. The fourth-order valence-corrected chi connectivity index (χ4v) is 9.62. The van der Waals surface area contributed by atoms with Crippen molar-refractivity contribution in [2.24, 2.45) is 5.73 Å². The maximum absolute atomic E-state index is 14.2. The number of cyclic esters (lactones) is 2. The lowest BCUT2D eigenvalue weighted by molar-refractivity contribution is -0.0856. The number of hydrogen-bond donors (Lipinski definition) is 2. The fraction of sp³-hybridized carbons (Fsp3) is 0.316. The van der Waals surface area contributed by atoms with Crippen molar-refractivity contribution in [2.45, 2.75) is 75.3 Å². The first-order valence-corrected chi connectivity index (χ1v) is 24.1. The molecule has 390 valence electrons. The average Bonchev–Trinajstić information content (AvgIpc) is 3.35. The Kier molecular flexibility index (Phi) is 17.4. The molecule has 2 aliphatic rings. The molecule has 0 aromatic heterocycles. The summed E-state index contributed by atoms with van der Waals surface area (Å²) >= 11 is 0. The number of hydrogen-bond acceptors (Lipinski definition) is 8. The summed E-state index contributed by atoms with van der Waals surface area (Å²) < 4.78 is 98.9. The molecule has 0 saturated carbocycles. The van der Waals surface area contributed by atoms with Crippen LogP contribution in [0.1, 0.15) is 80.3 Å². The Labute approximate surface area is 426 Å². The molecule has 6 aromatic rings. The zero-order valence-corrected chi connectivity index (χ0v) is 41.4. The van der Waals surface area contributed by atoms with E-state index < -0.39 is 70.5 Å². The lowest BCUT2D eigenvalue weighted by atomic mass is 9.83. The van der Waals surface area contributed by atoms with Gasteiger partial charge in [-0.3, -0.25) is 0 Å². The first-order valence-electron chi connectivity index (χ1n) is 24.1. The van der Waals surface area contributed by atoms with E-state index in [9.17, 15) is 45.8 Å². The summed E-state index contributed by atoms with van der Waals surface area (Å²) in [7, 11) is 3.69. The highest BCUT2D eigenvalue weighted by molar-refractivity contribution is 5.72. The lowest BCUT2D eigenvalue weighted by Crippen LogP contribution is -2.50. The largest absolute Gasteiger partial charge is 0.450 e. The van der Waals surface area contributed by atoms with Crippen LogP contribution in [0.2, 0.25) is 0 Å². The number of ether oxygens (including phenoxy) is 3. The third-order valence-corrected chi connectivity index (χ3v) is 13.6. The van der Waals surface area contributed by atoms with Gasteiger partial charge in [0.2, 0.25) is 0 Å². The number of aliphatic hydroxyl groups is 1. The van der Waals surface area contributed by atoms with Crippen LogP contribution in [0, 0.1) is 34.9 Å². The Morgan fingerprint density at radius 1 is 0.635 bits per heavy atom. The predicted octanol–water partition coefficient (Wildman–Crippen LogP) is 12.3. The first kappa shape index (κ1) is 54.4. The van der Waals surface area contributed by atoms with Crippen LogP contribution in [0.5, 0.6) is 0 Å². The normalized spacial score (nSPS) is 18.9. The van der Waals surface area contributed by atoms with E-state index in [-0.39, 0.29) is 30.7 Å². The number of benzene rings is 6. The van der Waals surface area contributed by atoms with Crippen LogP contribution >= 0.6 is 0 Å². The zero-order valence-electron chi connectivity index (χ0n) is 41.4. The zero-order chi connectivity index (χ0) is 53.3. The number of likely N-dealkylation sites (N-methyl/N-ethyl adjacent to an activating group) is 1. The molecule has 11 nitrogen and oxygen atoms in total. The standard InChI is InChI=1S/C29H31F3N2O3.C28H27F3N2O4/c1-19(20-4-6-21(7-5-20)26-13-12-24(31)16-27(26)32)34-15-14-29(37-28(34)36,17-25(35)18-33(2)3)22-8-10-23(30)11-9-22;1-18(19-3-5-20(6-4-19)24-12-11-23(30)17-25(24)31)33-15-14-28(37-27(33)35,13-2-16-36-26(32)34)21-7-9-22(29)10-8-21/h4-13,16,19,25,35H,14-15,17-18H2,1-3H3;3-12,17-18H,2,13-16H2,1H3,(H2,32,34). The summed E-state index contributed by atoms with van der Waals surface area (Å²) in [4.78, 5) is 42.5. The van der Waals surface area contributed by atoms with Crippen LogP contribution in [0.25, 0.3) is 22.3 Å². The fourth-order valence-electron chi connectivity index (χ4n) is 9.62. The van der Waals surface area contributed by atoms with Crippen molar-refractivity contribution >= 4 is 18.3 Å². The Morgan fingerprint density at radius 3 is 1.45 bits per heavy atom. The quantitative estimate of drug-likeness (QED) is 0.0556. The second-order valence-corrected chi connectivity index (χ2v) is 18.9. The second-order valence-electron chi connectivity index (χ2n) is 18.9. The van der Waals surface area contributed by atoms with Gasteiger partial charge in [0.25, 0.3) is 0 Å². The van der Waals surface area contributed by atoms with Gasteiger partial charge in [-0.15, -0.1) is 0 Å². The molecule has 3 amide bonds. The minimum absolute atomic E-state index is 0.0664.